The second kappa shape index (κ2) is 6.67. The van der Waals surface area contributed by atoms with Crippen molar-refractivity contribution in [2.24, 2.45) is 0 Å². The minimum Gasteiger partial charge on any atom is -0.494 e. The molecule has 1 heterocycles. The highest BCUT2D eigenvalue weighted by atomic mass is 79.9. The predicted octanol–water partition coefficient (Wildman–Crippen LogP) is 3.74. The van der Waals surface area contributed by atoms with Crippen LogP contribution in [0.15, 0.2) is 34.9 Å². The van der Waals surface area contributed by atoms with Crippen LogP contribution >= 0.6 is 15.9 Å². The van der Waals surface area contributed by atoms with E-state index in [4.69, 9.17) is 9.47 Å². The van der Waals surface area contributed by atoms with E-state index in [2.05, 4.69) is 15.9 Å². The molecule has 1 aromatic heterocycles. The van der Waals surface area contributed by atoms with Crippen molar-refractivity contribution in [2.75, 3.05) is 13.2 Å². The molecule has 112 valence electrons. The lowest BCUT2D eigenvalue weighted by atomic mass is 10.2. The summed E-state index contributed by atoms with van der Waals surface area (Å²) in [7, 11) is 0. The van der Waals surface area contributed by atoms with E-state index in [9.17, 15) is 9.90 Å². The Morgan fingerprint density at radius 1 is 1.24 bits per heavy atom. The van der Waals surface area contributed by atoms with Gasteiger partial charge in [0, 0.05) is 16.7 Å². The number of benzene rings is 1. The lowest BCUT2D eigenvalue weighted by molar-refractivity contribution is 0.0688. The van der Waals surface area contributed by atoms with Crippen LogP contribution in [-0.4, -0.2) is 28.9 Å². The van der Waals surface area contributed by atoms with E-state index in [0.29, 0.717) is 34.9 Å². The number of hydrogen-bond donors (Lipinski definition) is 1. The molecule has 0 aliphatic heterocycles. The third kappa shape index (κ3) is 3.39. The molecule has 0 aliphatic rings. The summed E-state index contributed by atoms with van der Waals surface area (Å²) in [6, 6.07) is 6.90. The van der Waals surface area contributed by atoms with E-state index in [1.807, 2.05) is 13.8 Å². The highest BCUT2D eigenvalue weighted by Gasteiger charge is 2.17. The van der Waals surface area contributed by atoms with Crippen LogP contribution in [0.5, 0.6) is 11.5 Å². The third-order valence-electron chi connectivity index (χ3n) is 2.81. The van der Waals surface area contributed by atoms with Crippen molar-refractivity contribution < 1.29 is 19.4 Å². The lowest BCUT2D eigenvalue weighted by Gasteiger charge is -2.14. The van der Waals surface area contributed by atoms with Crippen LogP contribution in [0.25, 0.3) is 5.69 Å². The van der Waals surface area contributed by atoms with Gasteiger partial charge in [0.1, 0.15) is 17.2 Å². The van der Waals surface area contributed by atoms with E-state index >= 15 is 0 Å². The molecule has 0 spiro atoms. The fourth-order valence-corrected chi connectivity index (χ4v) is 2.44. The van der Waals surface area contributed by atoms with Gasteiger partial charge in [0.25, 0.3) is 0 Å². The Hall–Kier alpha value is -1.95. The van der Waals surface area contributed by atoms with E-state index < -0.39 is 5.97 Å². The van der Waals surface area contributed by atoms with Gasteiger partial charge in [0.15, 0.2) is 0 Å². The third-order valence-corrected chi connectivity index (χ3v) is 3.24. The Morgan fingerprint density at radius 3 is 2.57 bits per heavy atom. The average molecular weight is 354 g/mol. The van der Waals surface area contributed by atoms with Crippen LogP contribution in [0.4, 0.5) is 0 Å². The summed E-state index contributed by atoms with van der Waals surface area (Å²) in [5.41, 5.74) is 0.780. The quantitative estimate of drug-likeness (QED) is 0.859. The monoisotopic (exact) mass is 353 g/mol. The first-order valence-corrected chi connectivity index (χ1v) is 7.37. The van der Waals surface area contributed by atoms with Crippen molar-refractivity contribution >= 4 is 21.9 Å². The number of aromatic carboxylic acids is 1. The SMILES string of the molecule is CCOc1ccc(OCC)c(-n2cc(Br)cc2C(=O)O)c1. The van der Waals surface area contributed by atoms with Gasteiger partial charge in [0.05, 0.1) is 18.9 Å². The number of hydrogen-bond acceptors (Lipinski definition) is 3. The largest absolute Gasteiger partial charge is 0.494 e. The first-order chi connectivity index (χ1) is 10.1. The van der Waals surface area contributed by atoms with E-state index in [-0.39, 0.29) is 5.69 Å². The highest BCUT2D eigenvalue weighted by molar-refractivity contribution is 9.10. The van der Waals surface area contributed by atoms with E-state index in [1.54, 1.807) is 35.0 Å². The molecule has 1 aromatic carbocycles. The normalized spacial score (nSPS) is 10.4. The van der Waals surface area contributed by atoms with Gasteiger partial charge < -0.3 is 19.1 Å². The van der Waals surface area contributed by atoms with Crippen LogP contribution in [-0.2, 0) is 0 Å². The molecule has 6 heteroatoms. The van der Waals surface area contributed by atoms with Gasteiger partial charge >= 0.3 is 5.97 Å². The molecular weight excluding hydrogens is 338 g/mol. The second-order valence-corrected chi connectivity index (χ2v) is 5.13. The Balaban J connectivity index is 2.59. The Kier molecular flexibility index (Phi) is 4.90. The minimum atomic E-state index is -1.01. The molecule has 1 N–H and O–H groups in total. The van der Waals surface area contributed by atoms with Crippen molar-refractivity contribution in [1.82, 2.24) is 4.57 Å². The Labute approximate surface area is 131 Å². The average Bonchev–Trinajstić information content (AvgIpc) is 2.83. The number of halogens is 1. The Bertz CT molecular complexity index is 651. The summed E-state index contributed by atoms with van der Waals surface area (Å²) in [5, 5.41) is 9.32. The standard InChI is InChI=1S/C15H16BrNO4/c1-3-20-11-5-6-14(21-4-2)12(8-11)17-9-10(16)7-13(17)15(18)19/h5-9H,3-4H2,1-2H3,(H,18,19). The van der Waals surface area contributed by atoms with E-state index in [1.165, 1.54) is 0 Å². The van der Waals surface area contributed by atoms with Gasteiger partial charge in [-0.25, -0.2) is 4.79 Å². The molecule has 0 atom stereocenters. The van der Waals surface area contributed by atoms with Crippen molar-refractivity contribution in [2.45, 2.75) is 13.8 Å². The minimum absolute atomic E-state index is 0.150. The summed E-state index contributed by atoms with van der Waals surface area (Å²) in [6.45, 7) is 4.80. The van der Waals surface area contributed by atoms with Crippen molar-refractivity contribution in [3.8, 4) is 17.2 Å². The molecule has 0 amide bonds. The molecule has 21 heavy (non-hydrogen) atoms. The van der Waals surface area contributed by atoms with Gasteiger partial charge in [-0.3, -0.25) is 0 Å². The fourth-order valence-electron chi connectivity index (χ4n) is 2.01. The first-order valence-electron chi connectivity index (χ1n) is 6.58. The van der Waals surface area contributed by atoms with Crippen molar-refractivity contribution in [3.05, 3.63) is 40.6 Å². The van der Waals surface area contributed by atoms with Gasteiger partial charge in [-0.1, -0.05) is 0 Å². The van der Waals surface area contributed by atoms with Gasteiger partial charge in [-0.15, -0.1) is 0 Å². The maximum Gasteiger partial charge on any atom is 0.352 e. The highest BCUT2D eigenvalue weighted by Crippen LogP contribution is 2.31. The first kappa shape index (κ1) is 15.4. The van der Waals surface area contributed by atoms with Crippen molar-refractivity contribution in [1.29, 1.82) is 0 Å². The number of carboxylic acid groups (broad SMARTS) is 1. The number of carbonyl (C=O) groups is 1. The molecule has 0 saturated heterocycles. The molecule has 2 rings (SSSR count). The van der Waals surface area contributed by atoms with Gasteiger partial charge in [0.2, 0.25) is 0 Å². The molecule has 0 radical (unpaired) electrons. The van der Waals surface area contributed by atoms with Crippen LogP contribution < -0.4 is 9.47 Å². The Morgan fingerprint density at radius 2 is 1.95 bits per heavy atom. The predicted molar refractivity (Wildman–Crippen MR) is 82.8 cm³/mol. The topological polar surface area (TPSA) is 60.7 Å². The summed E-state index contributed by atoms with van der Waals surface area (Å²) in [4.78, 5) is 11.4. The smallest absolute Gasteiger partial charge is 0.352 e. The summed E-state index contributed by atoms with van der Waals surface area (Å²) < 4.78 is 13.3. The maximum absolute atomic E-state index is 11.4. The zero-order valence-corrected chi connectivity index (χ0v) is 13.4. The van der Waals surface area contributed by atoms with Crippen LogP contribution in [0.2, 0.25) is 0 Å². The second-order valence-electron chi connectivity index (χ2n) is 4.21. The summed E-state index contributed by atoms with van der Waals surface area (Å²) >= 11 is 3.31. The molecular formula is C15H16BrNO4. The van der Waals surface area contributed by atoms with Gasteiger partial charge in [-0.2, -0.15) is 0 Å². The van der Waals surface area contributed by atoms with Gasteiger partial charge in [-0.05, 0) is 48.0 Å². The maximum atomic E-state index is 11.4. The zero-order valence-electron chi connectivity index (χ0n) is 11.8. The lowest BCUT2D eigenvalue weighted by Crippen LogP contribution is -2.08. The van der Waals surface area contributed by atoms with Crippen LogP contribution in [0.3, 0.4) is 0 Å². The number of carboxylic acids is 1. The fraction of sp³-hybridized carbons (Fsp3) is 0.267. The summed E-state index contributed by atoms with van der Waals surface area (Å²) in [5.74, 6) is 0.258. The molecule has 2 aromatic rings. The molecule has 0 unspecified atom stereocenters. The number of rotatable bonds is 6. The molecule has 0 saturated carbocycles. The number of ether oxygens (including phenoxy) is 2. The zero-order chi connectivity index (χ0) is 15.4. The number of nitrogens with zero attached hydrogens (tertiary/aromatic N) is 1. The molecule has 0 aliphatic carbocycles. The van der Waals surface area contributed by atoms with Crippen molar-refractivity contribution in [3.63, 3.8) is 0 Å². The summed E-state index contributed by atoms with van der Waals surface area (Å²) in [6.07, 6.45) is 1.69. The van der Waals surface area contributed by atoms with E-state index in [0.717, 1.165) is 0 Å². The number of aromatic nitrogens is 1. The molecule has 5 nitrogen and oxygen atoms in total. The molecule has 0 fully saturated rings. The van der Waals surface area contributed by atoms with Crippen LogP contribution in [0, 0.1) is 0 Å². The van der Waals surface area contributed by atoms with Crippen LogP contribution in [0.1, 0.15) is 24.3 Å². The molecule has 0 bridgehead atoms.